The van der Waals surface area contributed by atoms with Crippen LogP contribution in [0.15, 0.2) is 30.3 Å². The van der Waals surface area contributed by atoms with Crippen molar-refractivity contribution in [3.63, 3.8) is 0 Å². The third-order valence-corrected chi connectivity index (χ3v) is 4.08. The summed E-state index contributed by atoms with van der Waals surface area (Å²) in [5.41, 5.74) is 0.855. The van der Waals surface area contributed by atoms with Crippen molar-refractivity contribution < 1.29 is 28.7 Å². The molecule has 2 rings (SSSR count). The second-order valence-electron chi connectivity index (χ2n) is 5.96. The Bertz CT molecular complexity index is 679. The average Bonchev–Trinajstić information content (AvgIpc) is 3.19. The lowest BCUT2D eigenvalue weighted by atomic mass is 10.2. The molecule has 0 saturated carbocycles. The minimum atomic E-state index is -0.679. The molecule has 146 valence electrons. The van der Waals surface area contributed by atoms with Crippen LogP contribution in [0.3, 0.4) is 0 Å². The fourth-order valence-corrected chi connectivity index (χ4v) is 2.65. The third kappa shape index (κ3) is 6.28. The minimum absolute atomic E-state index is 0.125. The van der Waals surface area contributed by atoms with E-state index in [1.54, 1.807) is 0 Å². The standard InChI is InChI=1S/C18H23N3O6/c1-26-16(23)11-19-15(22)10-20-17(24)14-8-5-9-21(14)18(25)27-12-13-6-3-2-4-7-13/h2-4,6-7,14H,5,8-12H2,1H3,(H,19,22)(H,20,24). The topological polar surface area (TPSA) is 114 Å². The van der Waals surface area contributed by atoms with Crippen molar-refractivity contribution >= 4 is 23.9 Å². The van der Waals surface area contributed by atoms with Crippen molar-refractivity contribution in [1.29, 1.82) is 0 Å². The summed E-state index contributed by atoms with van der Waals surface area (Å²) in [6.07, 6.45) is 0.606. The van der Waals surface area contributed by atoms with Crippen molar-refractivity contribution in [2.75, 3.05) is 26.7 Å². The summed E-state index contributed by atoms with van der Waals surface area (Å²) in [5, 5.41) is 4.79. The van der Waals surface area contributed by atoms with E-state index in [4.69, 9.17) is 4.74 Å². The first-order chi connectivity index (χ1) is 13.0. The summed E-state index contributed by atoms with van der Waals surface area (Å²) in [7, 11) is 1.21. The third-order valence-electron chi connectivity index (χ3n) is 4.08. The fourth-order valence-electron chi connectivity index (χ4n) is 2.65. The number of methoxy groups -OCH3 is 1. The molecule has 0 spiro atoms. The van der Waals surface area contributed by atoms with Crippen LogP contribution in [0.2, 0.25) is 0 Å². The summed E-state index contributed by atoms with van der Waals surface area (Å²) in [5.74, 6) is -1.54. The zero-order valence-corrected chi connectivity index (χ0v) is 15.1. The first-order valence-electron chi connectivity index (χ1n) is 8.60. The number of hydrogen-bond donors (Lipinski definition) is 2. The van der Waals surface area contributed by atoms with Crippen LogP contribution >= 0.6 is 0 Å². The van der Waals surface area contributed by atoms with Crippen LogP contribution in [0.1, 0.15) is 18.4 Å². The van der Waals surface area contributed by atoms with E-state index in [1.807, 2.05) is 30.3 Å². The molecule has 1 fully saturated rings. The van der Waals surface area contributed by atoms with Crippen molar-refractivity contribution in [2.45, 2.75) is 25.5 Å². The molecule has 1 heterocycles. The first kappa shape index (κ1) is 20.2. The Hall–Kier alpha value is -3.10. The molecule has 1 unspecified atom stereocenters. The average molecular weight is 377 g/mol. The maximum atomic E-state index is 12.3. The largest absolute Gasteiger partial charge is 0.468 e. The van der Waals surface area contributed by atoms with Crippen LogP contribution in [-0.4, -0.2) is 61.6 Å². The van der Waals surface area contributed by atoms with E-state index in [0.717, 1.165) is 5.56 Å². The van der Waals surface area contributed by atoms with E-state index < -0.39 is 29.9 Å². The molecular weight excluding hydrogens is 354 g/mol. The van der Waals surface area contributed by atoms with Gasteiger partial charge in [0.1, 0.15) is 19.2 Å². The van der Waals surface area contributed by atoms with Crippen LogP contribution in [0.4, 0.5) is 4.79 Å². The van der Waals surface area contributed by atoms with Gasteiger partial charge in [-0.15, -0.1) is 0 Å². The lowest BCUT2D eigenvalue weighted by molar-refractivity contribution is -0.141. The number of hydrogen-bond acceptors (Lipinski definition) is 6. The van der Waals surface area contributed by atoms with Crippen LogP contribution in [0.5, 0.6) is 0 Å². The van der Waals surface area contributed by atoms with Gasteiger partial charge in [-0.2, -0.15) is 0 Å². The van der Waals surface area contributed by atoms with E-state index >= 15 is 0 Å². The molecule has 0 aliphatic carbocycles. The minimum Gasteiger partial charge on any atom is -0.468 e. The van der Waals surface area contributed by atoms with Crippen molar-refractivity contribution in [2.24, 2.45) is 0 Å². The molecule has 1 aromatic carbocycles. The monoisotopic (exact) mass is 377 g/mol. The van der Waals surface area contributed by atoms with Gasteiger partial charge in [0.25, 0.3) is 0 Å². The Morgan fingerprint density at radius 2 is 1.85 bits per heavy atom. The van der Waals surface area contributed by atoms with Gasteiger partial charge in [0.2, 0.25) is 11.8 Å². The second-order valence-corrected chi connectivity index (χ2v) is 5.96. The number of carbonyl (C=O) groups excluding carboxylic acids is 4. The number of esters is 1. The van der Waals surface area contributed by atoms with E-state index in [1.165, 1.54) is 12.0 Å². The van der Waals surface area contributed by atoms with Crippen LogP contribution < -0.4 is 10.6 Å². The normalized spacial score (nSPS) is 15.7. The maximum Gasteiger partial charge on any atom is 0.410 e. The molecular formula is C18H23N3O6. The number of ether oxygens (including phenoxy) is 2. The predicted octanol–water partition coefficient (Wildman–Crippen LogP) is 0.193. The summed E-state index contributed by atoms with van der Waals surface area (Å²) < 4.78 is 9.68. The van der Waals surface area contributed by atoms with Gasteiger partial charge in [0, 0.05) is 6.54 Å². The van der Waals surface area contributed by atoms with E-state index in [0.29, 0.717) is 19.4 Å². The van der Waals surface area contributed by atoms with Gasteiger partial charge < -0.3 is 20.1 Å². The van der Waals surface area contributed by atoms with Crippen molar-refractivity contribution in [3.8, 4) is 0 Å². The molecule has 9 heteroatoms. The molecule has 2 N–H and O–H groups in total. The molecule has 1 atom stereocenters. The highest BCUT2D eigenvalue weighted by molar-refractivity contribution is 5.90. The summed E-state index contributed by atoms with van der Waals surface area (Å²) >= 11 is 0. The zero-order valence-electron chi connectivity index (χ0n) is 15.1. The fraction of sp³-hybridized carbons (Fsp3) is 0.444. The van der Waals surface area contributed by atoms with E-state index in [9.17, 15) is 19.2 Å². The summed E-state index contributed by atoms with van der Waals surface area (Å²) in [6, 6.07) is 8.57. The highest BCUT2D eigenvalue weighted by Gasteiger charge is 2.35. The molecule has 3 amide bonds. The molecule has 1 aliphatic rings. The number of rotatable bonds is 7. The SMILES string of the molecule is COC(=O)CNC(=O)CNC(=O)C1CCCN1C(=O)OCc1ccccc1. The molecule has 0 aromatic heterocycles. The first-order valence-corrected chi connectivity index (χ1v) is 8.60. The lowest BCUT2D eigenvalue weighted by Crippen LogP contribution is -2.48. The highest BCUT2D eigenvalue weighted by Crippen LogP contribution is 2.19. The number of likely N-dealkylation sites (tertiary alicyclic amines) is 1. The van der Waals surface area contributed by atoms with Gasteiger partial charge in [0.05, 0.1) is 13.7 Å². The Morgan fingerprint density at radius 3 is 2.56 bits per heavy atom. The Kier molecular flexibility index (Phi) is 7.60. The highest BCUT2D eigenvalue weighted by atomic mass is 16.6. The van der Waals surface area contributed by atoms with Crippen LogP contribution in [0, 0.1) is 0 Å². The van der Waals surface area contributed by atoms with E-state index in [2.05, 4.69) is 15.4 Å². The van der Waals surface area contributed by atoms with Gasteiger partial charge >= 0.3 is 12.1 Å². The second kappa shape index (κ2) is 10.1. The number of nitrogens with one attached hydrogen (secondary N) is 2. The molecule has 1 aliphatic heterocycles. The maximum absolute atomic E-state index is 12.3. The van der Waals surface area contributed by atoms with Gasteiger partial charge in [-0.1, -0.05) is 30.3 Å². The van der Waals surface area contributed by atoms with E-state index in [-0.39, 0.29) is 19.7 Å². The van der Waals surface area contributed by atoms with Crippen molar-refractivity contribution in [1.82, 2.24) is 15.5 Å². The molecule has 9 nitrogen and oxygen atoms in total. The van der Waals surface area contributed by atoms with Gasteiger partial charge in [0.15, 0.2) is 0 Å². The summed E-state index contributed by atoms with van der Waals surface area (Å²) in [6.45, 7) is -0.0213. The molecule has 27 heavy (non-hydrogen) atoms. The quantitative estimate of drug-likeness (QED) is 0.656. The number of benzene rings is 1. The zero-order chi connectivity index (χ0) is 19.6. The number of nitrogens with zero attached hydrogens (tertiary/aromatic N) is 1. The predicted molar refractivity (Wildman–Crippen MR) is 94.4 cm³/mol. The Balaban J connectivity index is 1.78. The van der Waals surface area contributed by atoms with Crippen molar-refractivity contribution in [3.05, 3.63) is 35.9 Å². The van der Waals surface area contributed by atoms with Crippen LogP contribution in [-0.2, 0) is 30.5 Å². The van der Waals surface area contributed by atoms with Gasteiger partial charge in [-0.25, -0.2) is 4.79 Å². The lowest BCUT2D eigenvalue weighted by Gasteiger charge is -2.23. The number of carbonyl (C=O) groups is 4. The number of amides is 3. The molecule has 0 bridgehead atoms. The van der Waals surface area contributed by atoms with Gasteiger partial charge in [-0.3, -0.25) is 19.3 Å². The Labute approximate surface area is 157 Å². The molecule has 1 saturated heterocycles. The van der Waals surface area contributed by atoms with Gasteiger partial charge in [-0.05, 0) is 18.4 Å². The Morgan fingerprint density at radius 1 is 1.11 bits per heavy atom. The molecule has 0 radical (unpaired) electrons. The molecule has 1 aromatic rings. The summed E-state index contributed by atoms with van der Waals surface area (Å²) in [4.78, 5) is 48.5. The smallest absolute Gasteiger partial charge is 0.410 e. The van der Waals surface area contributed by atoms with Crippen LogP contribution in [0.25, 0.3) is 0 Å².